The van der Waals surface area contributed by atoms with Crippen molar-refractivity contribution >= 4 is 39.1 Å². The zero-order valence-corrected chi connectivity index (χ0v) is 17.4. The Morgan fingerprint density at radius 1 is 1.04 bits per heavy atom. The molecule has 0 saturated carbocycles. The van der Waals surface area contributed by atoms with Crippen molar-refractivity contribution in [1.82, 2.24) is 0 Å². The van der Waals surface area contributed by atoms with Gasteiger partial charge in [0.25, 0.3) is 5.91 Å². The van der Waals surface area contributed by atoms with Crippen molar-refractivity contribution in [2.45, 2.75) is 33.6 Å². The van der Waals surface area contributed by atoms with Crippen LogP contribution in [0.5, 0.6) is 5.75 Å². The number of hydrogen-bond acceptors (Lipinski definition) is 3. The zero-order valence-electron chi connectivity index (χ0n) is 15.8. The van der Waals surface area contributed by atoms with Crippen molar-refractivity contribution in [2.75, 3.05) is 17.2 Å². The van der Waals surface area contributed by atoms with E-state index in [1.165, 1.54) is 0 Å². The molecule has 2 aromatic rings. The molecule has 0 heterocycles. The summed E-state index contributed by atoms with van der Waals surface area (Å²) >= 11 is 3.39. The van der Waals surface area contributed by atoms with Crippen LogP contribution in [-0.2, 0) is 4.79 Å². The van der Waals surface area contributed by atoms with E-state index in [1.54, 1.807) is 36.4 Å². The summed E-state index contributed by atoms with van der Waals surface area (Å²) in [7, 11) is 0. The summed E-state index contributed by atoms with van der Waals surface area (Å²) in [4.78, 5) is 24.5. The van der Waals surface area contributed by atoms with E-state index in [4.69, 9.17) is 4.74 Å². The number of ether oxygens (including phenoxy) is 1. The first kappa shape index (κ1) is 21.0. The number of halogens is 1. The topological polar surface area (TPSA) is 67.4 Å². The fourth-order valence-electron chi connectivity index (χ4n) is 2.44. The van der Waals surface area contributed by atoms with Gasteiger partial charge in [-0.05, 0) is 54.8 Å². The number of benzene rings is 2. The normalized spacial score (nSPS) is 10.6. The summed E-state index contributed by atoms with van der Waals surface area (Å²) in [5.41, 5.74) is 1.81. The van der Waals surface area contributed by atoms with E-state index in [0.717, 1.165) is 10.9 Å². The molecule has 0 atom stereocenters. The van der Waals surface area contributed by atoms with Crippen LogP contribution in [0.2, 0.25) is 0 Å². The number of rotatable bonds is 8. The molecule has 0 aliphatic rings. The number of amides is 2. The van der Waals surface area contributed by atoms with Gasteiger partial charge in [0.15, 0.2) is 0 Å². The Balaban J connectivity index is 2.05. The molecule has 6 heteroatoms. The van der Waals surface area contributed by atoms with Gasteiger partial charge in [-0.1, -0.05) is 36.7 Å². The second-order valence-corrected chi connectivity index (χ2v) is 7.58. The lowest BCUT2D eigenvalue weighted by molar-refractivity contribution is -0.116. The highest BCUT2D eigenvalue weighted by atomic mass is 79.9. The molecular weight excluding hydrogens is 408 g/mol. The first-order valence-corrected chi connectivity index (χ1v) is 9.82. The third-order valence-corrected chi connectivity index (χ3v) is 4.16. The highest BCUT2D eigenvalue weighted by molar-refractivity contribution is 9.10. The Morgan fingerprint density at radius 2 is 1.67 bits per heavy atom. The number of carbonyl (C=O) groups is 2. The average Bonchev–Trinajstić information content (AvgIpc) is 2.61. The third-order valence-electron chi connectivity index (χ3n) is 3.67. The van der Waals surface area contributed by atoms with Gasteiger partial charge in [0.05, 0.1) is 12.2 Å². The smallest absolute Gasteiger partial charge is 0.259 e. The Hall–Kier alpha value is -2.34. The van der Waals surface area contributed by atoms with E-state index in [9.17, 15) is 9.59 Å². The van der Waals surface area contributed by atoms with Crippen LogP contribution in [0.4, 0.5) is 11.4 Å². The minimum Gasteiger partial charge on any atom is -0.493 e. The standard InChI is InChI=1S/C21H25BrN2O3/c1-4-11-27-19-10-5-15(22)13-18(19)21(26)24-17-8-6-16(7-9-17)23-20(25)12-14(2)3/h5-10,13-14H,4,11-12H2,1-3H3,(H,23,25)(H,24,26). The number of anilines is 2. The Morgan fingerprint density at radius 3 is 2.26 bits per heavy atom. The summed E-state index contributed by atoms with van der Waals surface area (Å²) in [6.45, 7) is 6.56. The molecule has 144 valence electrons. The fourth-order valence-corrected chi connectivity index (χ4v) is 2.80. The van der Waals surface area contributed by atoms with Crippen LogP contribution in [0.25, 0.3) is 0 Å². The first-order chi connectivity index (χ1) is 12.9. The molecule has 0 aliphatic carbocycles. The first-order valence-electron chi connectivity index (χ1n) is 9.02. The highest BCUT2D eigenvalue weighted by Crippen LogP contribution is 2.25. The predicted molar refractivity (Wildman–Crippen MR) is 112 cm³/mol. The Kier molecular flexibility index (Phi) is 7.85. The molecule has 0 fully saturated rings. The molecule has 0 saturated heterocycles. The van der Waals surface area contributed by atoms with Crippen molar-refractivity contribution in [3.8, 4) is 5.75 Å². The molecule has 0 unspecified atom stereocenters. The molecule has 2 rings (SSSR count). The summed E-state index contributed by atoms with van der Waals surface area (Å²) < 4.78 is 6.47. The Bertz CT molecular complexity index is 789. The van der Waals surface area contributed by atoms with Crippen molar-refractivity contribution < 1.29 is 14.3 Å². The van der Waals surface area contributed by atoms with Crippen LogP contribution >= 0.6 is 15.9 Å². The molecule has 0 radical (unpaired) electrons. The van der Waals surface area contributed by atoms with E-state index >= 15 is 0 Å². The van der Waals surface area contributed by atoms with Gasteiger partial charge in [0.1, 0.15) is 5.75 Å². The molecule has 2 amide bonds. The second-order valence-electron chi connectivity index (χ2n) is 6.67. The van der Waals surface area contributed by atoms with Crippen molar-refractivity contribution in [3.63, 3.8) is 0 Å². The molecule has 0 bridgehead atoms. The maximum atomic E-state index is 12.7. The number of carbonyl (C=O) groups excluding carboxylic acids is 2. The molecule has 0 aromatic heterocycles. The van der Waals surface area contributed by atoms with Crippen LogP contribution in [0.3, 0.4) is 0 Å². The van der Waals surface area contributed by atoms with Crippen molar-refractivity contribution in [2.24, 2.45) is 5.92 Å². The third kappa shape index (κ3) is 6.71. The maximum absolute atomic E-state index is 12.7. The number of nitrogens with one attached hydrogen (secondary N) is 2. The molecule has 2 N–H and O–H groups in total. The highest BCUT2D eigenvalue weighted by Gasteiger charge is 2.14. The van der Waals surface area contributed by atoms with Crippen LogP contribution < -0.4 is 15.4 Å². The largest absolute Gasteiger partial charge is 0.493 e. The zero-order chi connectivity index (χ0) is 19.8. The molecule has 2 aromatic carbocycles. The van der Waals surface area contributed by atoms with Crippen LogP contribution in [0, 0.1) is 5.92 Å². The molecule has 5 nitrogen and oxygen atoms in total. The average molecular weight is 433 g/mol. The van der Waals surface area contributed by atoms with Crippen LogP contribution in [0.1, 0.15) is 44.0 Å². The lowest BCUT2D eigenvalue weighted by atomic mass is 10.1. The maximum Gasteiger partial charge on any atom is 0.259 e. The van der Waals surface area contributed by atoms with Gasteiger partial charge in [-0.2, -0.15) is 0 Å². The van der Waals surface area contributed by atoms with Gasteiger partial charge in [0, 0.05) is 22.3 Å². The quantitative estimate of drug-likeness (QED) is 0.580. The molecule has 27 heavy (non-hydrogen) atoms. The van der Waals surface area contributed by atoms with Crippen molar-refractivity contribution in [3.05, 3.63) is 52.5 Å². The molecule has 0 spiro atoms. The minimum absolute atomic E-state index is 0.0198. The monoisotopic (exact) mass is 432 g/mol. The molecule has 0 aliphatic heterocycles. The predicted octanol–water partition coefficient (Wildman–Crippen LogP) is 5.47. The van der Waals surface area contributed by atoms with E-state index in [-0.39, 0.29) is 11.8 Å². The fraction of sp³-hybridized carbons (Fsp3) is 0.333. The van der Waals surface area contributed by atoms with Crippen molar-refractivity contribution in [1.29, 1.82) is 0 Å². The summed E-state index contributed by atoms with van der Waals surface area (Å²) in [6.07, 6.45) is 1.34. The van der Waals surface area contributed by atoms with Gasteiger partial charge < -0.3 is 15.4 Å². The summed E-state index contributed by atoms with van der Waals surface area (Å²) in [6, 6.07) is 12.4. The van der Waals surface area contributed by atoms with Gasteiger partial charge in [0.2, 0.25) is 5.91 Å². The van der Waals surface area contributed by atoms with E-state index in [0.29, 0.717) is 41.6 Å². The lowest BCUT2D eigenvalue weighted by Gasteiger charge is -2.12. The minimum atomic E-state index is -0.251. The van der Waals surface area contributed by atoms with Gasteiger partial charge in [-0.15, -0.1) is 0 Å². The van der Waals surface area contributed by atoms with Gasteiger partial charge >= 0.3 is 0 Å². The number of hydrogen-bond donors (Lipinski definition) is 2. The van der Waals surface area contributed by atoms with E-state index < -0.39 is 0 Å². The van der Waals surface area contributed by atoms with Crippen LogP contribution in [-0.4, -0.2) is 18.4 Å². The summed E-state index contributed by atoms with van der Waals surface area (Å²) in [5, 5.41) is 5.71. The SMILES string of the molecule is CCCOc1ccc(Br)cc1C(=O)Nc1ccc(NC(=O)CC(C)C)cc1. The van der Waals surface area contributed by atoms with Gasteiger partial charge in [-0.25, -0.2) is 0 Å². The molecular formula is C21H25BrN2O3. The van der Waals surface area contributed by atoms with Crippen LogP contribution in [0.15, 0.2) is 46.9 Å². The van der Waals surface area contributed by atoms with E-state index in [1.807, 2.05) is 26.8 Å². The summed E-state index contributed by atoms with van der Waals surface area (Å²) in [5.74, 6) is 0.584. The second kappa shape index (κ2) is 10.1. The van der Waals surface area contributed by atoms with Gasteiger partial charge in [-0.3, -0.25) is 9.59 Å². The lowest BCUT2D eigenvalue weighted by Crippen LogP contribution is -2.15. The van der Waals surface area contributed by atoms with E-state index in [2.05, 4.69) is 26.6 Å². The Labute approximate surface area is 168 Å².